The maximum absolute atomic E-state index is 13.5. The Kier molecular flexibility index (Phi) is 7.26. The number of amides is 2. The predicted molar refractivity (Wildman–Crippen MR) is 130 cm³/mol. The van der Waals surface area contributed by atoms with E-state index in [1.807, 2.05) is 36.4 Å². The van der Waals surface area contributed by atoms with Crippen molar-refractivity contribution in [3.63, 3.8) is 0 Å². The monoisotopic (exact) mass is 494 g/mol. The predicted octanol–water partition coefficient (Wildman–Crippen LogP) is 6.30. The van der Waals surface area contributed by atoms with Gasteiger partial charge in [-0.25, -0.2) is 4.39 Å². The Labute approximate surface area is 195 Å². The molecule has 2 amide bonds. The van der Waals surface area contributed by atoms with E-state index in [2.05, 4.69) is 47.3 Å². The van der Waals surface area contributed by atoms with Gasteiger partial charge in [-0.1, -0.05) is 67.0 Å². The second-order valence-electron chi connectivity index (χ2n) is 8.36. The lowest BCUT2D eigenvalue weighted by molar-refractivity contribution is -0.113. The SMILES string of the molecule is CC(C)(C)c1ccc(C(=O)NC(=Cc2ccc(Br)cc2)C(=O)Nc2cccc(F)c2)cc1. The summed E-state index contributed by atoms with van der Waals surface area (Å²) in [5.74, 6) is -1.44. The van der Waals surface area contributed by atoms with Crippen LogP contribution in [-0.4, -0.2) is 11.8 Å². The third kappa shape index (κ3) is 6.37. The Morgan fingerprint density at radius 1 is 0.938 bits per heavy atom. The van der Waals surface area contributed by atoms with Crippen LogP contribution in [-0.2, 0) is 10.2 Å². The quantitative estimate of drug-likeness (QED) is 0.409. The number of anilines is 1. The fraction of sp³-hybridized carbons (Fsp3) is 0.154. The average molecular weight is 495 g/mol. The Morgan fingerprint density at radius 2 is 1.59 bits per heavy atom. The van der Waals surface area contributed by atoms with Gasteiger partial charge in [0.1, 0.15) is 11.5 Å². The highest BCUT2D eigenvalue weighted by atomic mass is 79.9. The van der Waals surface area contributed by atoms with Crippen LogP contribution in [0, 0.1) is 5.82 Å². The summed E-state index contributed by atoms with van der Waals surface area (Å²) in [6, 6.07) is 20.1. The molecule has 6 heteroatoms. The summed E-state index contributed by atoms with van der Waals surface area (Å²) in [6.07, 6.45) is 1.57. The maximum Gasteiger partial charge on any atom is 0.272 e. The van der Waals surface area contributed by atoms with Gasteiger partial charge in [0, 0.05) is 15.7 Å². The number of nitrogens with one attached hydrogen (secondary N) is 2. The van der Waals surface area contributed by atoms with Gasteiger partial charge in [0.2, 0.25) is 0 Å². The van der Waals surface area contributed by atoms with Crippen LogP contribution in [0.2, 0.25) is 0 Å². The summed E-state index contributed by atoms with van der Waals surface area (Å²) in [5, 5.41) is 5.32. The molecule has 4 nitrogen and oxygen atoms in total. The molecule has 0 unspecified atom stereocenters. The molecule has 2 N–H and O–H groups in total. The number of hydrogen-bond acceptors (Lipinski definition) is 2. The molecule has 0 aliphatic carbocycles. The molecule has 0 aromatic heterocycles. The molecular formula is C26H24BrFN2O2. The van der Waals surface area contributed by atoms with Crippen molar-refractivity contribution in [2.24, 2.45) is 0 Å². The first-order valence-corrected chi connectivity index (χ1v) is 10.9. The fourth-order valence-corrected chi connectivity index (χ4v) is 3.23. The van der Waals surface area contributed by atoms with Crippen LogP contribution < -0.4 is 10.6 Å². The van der Waals surface area contributed by atoms with E-state index in [1.165, 1.54) is 18.2 Å². The minimum Gasteiger partial charge on any atom is -0.321 e. The van der Waals surface area contributed by atoms with Gasteiger partial charge in [0.05, 0.1) is 0 Å². The van der Waals surface area contributed by atoms with E-state index in [9.17, 15) is 14.0 Å². The molecule has 32 heavy (non-hydrogen) atoms. The molecule has 0 saturated carbocycles. The van der Waals surface area contributed by atoms with Crippen LogP contribution in [0.4, 0.5) is 10.1 Å². The summed E-state index contributed by atoms with van der Waals surface area (Å²) in [4.78, 5) is 25.8. The normalized spacial score (nSPS) is 11.7. The zero-order valence-corrected chi connectivity index (χ0v) is 19.7. The van der Waals surface area contributed by atoms with Gasteiger partial charge in [-0.15, -0.1) is 0 Å². The zero-order valence-electron chi connectivity index (χ0n) is 18.1. The molecule has 0 aliphatic heterocycles. The molecule has 3 rings (SSSR count). The number of hydrogen-bond donors (Lipinski definition) is 2. The molecule has 0 aliphatic rings. The van der Waals surface area contributed by atoms with Gasteiger partial charge >= 0.3 is 0 Å². The molecule has 0 heterocycles. The minimum absolute atomic E-state index is 0.0352. The summed E-state index contributed by atoms with van der Waals surface area (Å²) in [6.45, 7) is 6.29. The van der Waals surface area contributed by atoms with Crippen LogP contribution in [0.3, 0.4) is 0 Å². The molecule has 3 aromatic rings. The molecule has 0 bridgehead atoms. The van der Waals surface area contributed by atoms with E-state index >= 15 is 0 Å². The van der Waals surface area contributed by atoms with Crippen molar-refractivity contribution in [3.8, 4) is 0 Å². The van der Waals surface area contributed by atoms with Crippen LogP contribution in [0.15, 0.2) is 83.0 Å². The Hall–Kier alpha value is -3.25. The minimum atomic E-state index is -0.557. The van der Waals surface area contributed by atoms with Crippen molar-refractivity contribution < 1.29 is 14.0 Å². The highest BCUT2D eigenvalue weighted by Gasteiger charge is 2.17. The van der Waals surface area contributed by atoms with E-state index in [-0.39, 0.29) is 11.1 Å². The lowest BCUT2D eigenvalue weighted by atomic mass is 9.87. The second kappa shape index (κ2) is 9.92. The van der Waals surface area contributed by atoms with E-state index in [4.69, 9.17) is 0 Å². The van der Waals surface area contributed by atoms with Gasteiger partial charge in [0.15, 0.2) is 0 Å². The third-order valence-corrected chi connectivity index (χ3v) is 5.30. The van der Waals surface area contributed by atoms with Crippen LogP contribution in [0.5, 0.6) is 0 Å². The summed E-state index contributed by atoms with van der Waals surface area (Å²) < 4.78 is 14.4. The Bertz CT molecular complexity index is 1150. The standard InChI is InChI=1S/C26H24BrFN2O2/c1-26(2,3)19-11-9-18(10-12-19)24(31)30-23(15-17-7-13-20(27)14-8-17)25(32)29-22-6-4-5-21(28)16-22/h4-16H,1-3H3,(H,29,32)(H,30,31). The highest BCUT2D eigenvalue weighted by molar-refractivity contribution is 9.10. The van der Waals surface area contributed by atoms with Crippen molar-refractivity contribution in [2.75, 3.05) is 5.32 Å². The van der Waals surface area contributed by atoms with Gasteiger partial charge < -0.3 is 10.6 Å². The Balaban J connectivity index is 1.87. The van der Waals surface area contributed by atoms with Gasteiger partial charge in [-0.2, -0.15) is 0 Å². The van der Waals surface area contributed by atoms with Crippen molar-refractivity contribution >= 4 is 39.5 Å². The molecule has 0 atom stereocenters. The van der Waals surface area contributed by atoms with Gasteiger partial charge in [-0.05, 0) is 65.1 Å². The largest absolute Gasteiger partial charge is 0.321 e. The lowest BCUT2D eigenvalue weighted by Crippen LogP contribution is -2.30. The van der Waals surface area contributed by atoms with Crippen LogP contribution in [0.25, 0.3) is 6.08 Å². The van der Waals surface area contributed by atoms with E-state index in [1.54, 1.807) is 24.3 Å². The molecule has 164 valence electrons. The third-order valence-electron chi connectivity index (χ3n) is 4.77. The number of benzene rings is 3. The first-order chi connectivity index (χ1) is 15.1. The zero-order chi connectivity index (χ0) is 23.3. The van der Waals surface area contributed by atoms with Crippen molar-refractivity contribution in [2.45, 2.75) is 26.2 Å². The van der Waals surface area contributed by atoms with Crippen LogP contribution >= 0.6 is 15.9 Å². The number of carbonyl (C=O) groups excluding carboxylic acids is 2. The molecule has 0 radical (unpaired) electrons. The van der Waals surface area contributed by atoms with E-state index in [0.717, 1.165) is 15.6 Å². The number of halogens is 2. The molecule has 3 aromatic carbocycles. The highest BCUT2D eigenvalue weighted by Crippen LogP contribution is 2.22. The van der Waals surface area contributed by atoms with Crippen molar-refractivity contribution in [1.82, 2.24) is 5.32 Å². The average Bonchev–Trinajstić information content (AvgIpc) is 2.74. The summed E-state index contributed by atoms with van der Waals surface area (Å²) in [7, 11) is 0. The lowest BCUT2D eigenvalue weighted by Gasteiger charge is -2.19. The summed E-state index contributed by atoms with van der Waals surface area (Å²) in [5.41, 5.74) is 2.55. The second-order valence-corrected chi connectivity index (χ2v) is 9.27. The topological polar surface area (TPSA) is 58.2 Å². The van der Waals surface area contributed by atoms with Crippen molar-refractivity contribution in [1.29, 1.82) is 0 Å². The molecular weight excluding hydrogens is 471 g/mol. The van der Waals surface area contributed by atoms with Gasteiger partial charge in [-0.3, -0.25) is 9.59 Å². The van der Waals surface area contributed by atoms with Crippen LogP contribution in [0.1, 0.15) is 42.3 Å². The van der Waals surface area contributed by atoms with Crippen molar-refractivity contribution in [3.05, 3.63) is 105 Å². The number of carbonyl (C=O) groups is 2. The maximum atomic E-state index is 13.5. The first-order valence-electron chi connectivity index (χ1n) is 10.1. The molecule has 0 spiro atoms. The smallest absolute Gasteiger partial charge is 0.272 e. The van der Waals surface area contributed by atoms with E-state index in [0.29, 0.717) is 11.3 Å². The van der Waals surface area contributed by atoms with Gasteiger partial charge in [0.25, 0.3) is 11.8 Å². The first kappa shape index (κ1) is 23.4. The van der Waals surface area contributed by atoms with E-state index < -0.39 is 17.6 Å². The molecule has 0 fully saturated rings. The Morgan fingerprint density at radius 3 is 2.19 bits per heavy atom. The number of rotatable bonds is 5. The molecule has 0 saturated heterocycles. The summed E-state index contributed by atoms with van der Waals surface area (Å²) >= 11 is 3.38. The fourth-order valence-electron chi connectivity index (χ4n) is 2.96.